The largest absolute Gasteiger partial charge is 0.381 e. The lowest BCUT2D eigenvalue weighted by Crippen LogP contribution is -2.03. The summed E-state index contributed by atoms with van der Waals surface area (Å²) in [5, 5.41) is 13.8. The molecule has 1 N–H and O–H groups in total. The third-order valence-electron chi connectivity index (χ3n) is 2.98. The summed E-state index contributed by atoms with van der Waals surface area (Å²) in [7, 11) is 0. The van der Waals surface area contributed by atoms with E-state index in [-0.39, 0.29) is 11.5 Å². The van der Waals surface area contributed by atoms with Crippen LogP contribution in [0.1, 0.15) is 11.1 Å². The van der Waals surface area contributed by atoms with Gasteiger partial charge in [-0.25, -0.2) is 4.39 Å². The highest BCUT2D eigenvalue weighted by Gasteiger charge is 2.10. The smallest absolute Gasteiger partial charge is 0.270 e. The van der Waals surface area contributed by atoms with Gasteiger partial charge in [-0.15, -0.1) is 0 Å². The lowest BCUT2D eigenvalue weighted by Gasteiger charge is -2.11. The summed E-state index contributed by atoms with van der Waals surface area (Å²) in [6.07, 6.45) is 0. The molecule has 21 heavy (non-hydrogen) atoms. The quantitative estimate of drug-likeness (QED) is 0.550. The van der Waals surface area contributed by atoms with Crippen molar-refractivity contribution in [1.29, 1.82) is 0 Å². The van der Waals surface area contributed by atoms with Crippen molar-refractivity contribution in [3.8, 4) is 0 Å². The van der Waals surface area contributed by atoms with E-state index in [2.05, 4.69) is 37.2 Å². The summed E-state index contributed by atoms with van der Waals surface area (Å²) in [6.45, 7) is 2.30. The van der Waals surface area contributed by atoms with Gasteiger partial charge in [0.05, 0.1) is 9.40 Å². The SMILES string of the molecule is Cc1cc(Br)c(F)cc1NCc1ccc([N+](=O)[O-])cc1Br. The third-order valence-corrected chi connectivity index (χ3v) is 4.33. The standard InChI is InChI=1S/C14H11Br2FN2O2/c1-8-4-12(16)13(17)6-14(8)18-7-9-2-3-10(19(20)21)5-11(9)15/h2-6,18H,7H2,1H3. The van der Waals surface area contributed by atoms with Crippen LogP contribution in [0.25, 0.3) is 0 Å². The topological polar surface area (TPSA) is 55.2 Å². The summed E-state index contributed by atoms with van der Waals surface area (Å²) < 4.78 is 14.6. The third kappa shape index (κ3) is 3.79. The van der Waals surface area contributed by atoms with Crippen molar-refractivity contribution in [1.82, 2.24) is 0 Å². The second kappa shape index (κ2) is 6.53. The number of nitro benzene ring substituents is 1. The van der Waals surface area contributed by atoms with E-state index in [0.717, 1.165) is 11.1 Å². The van der Waals surface area contributed by atoms with Crippen LogP contribution in [0.3, 0.4) is 0 Å². The van der Waals surface area contributed by atoms with E-state index in [9.17, 15) is 14.5 Å². The Hall–Kier alpha value is -1.47. The van der Waals surface area contributed by atoms with Gasteiger partial charge < -0.3 is 5.32 Å². The molecule has 2 rings (SSSR count). The summed E-state index contributed by atoms with van der Waals surface area (Å²) in [4.78, 5) is 10.2. The first-order valence-corrected chi connectivity index (χ1v) is 7.59. The first kappa shape index (κ1) is 15.9. The van der Waals surface area contributed by atoms with Crippen LogP contribution in [0.5, 0.6) is 0 Å². The fourth-order valence-corrected chi connectivity index (χ4v) is 2.79. The number of anilines is 1. The van der Waals surface area contributed by atoms with Crippen molar-refractivity contribution in [2.24, 2.45) is 0 Å². The number of halogens is 3. The zero-order valence-electron chi connectivity index (χ0n) is 11.0. The maximum Gasteiger partial charge on any atom is 0.270 e. The summed E-state index contributed by atoms with van der Waals surface area (Å²) in [6, 6.07) is 7.67. The van der Waals surface area contributed by atoms with E-state index in [4.69, 9.17) is 0 Å². The number of nitro groups is 1. The van der Waals surface area contributed by atoms with Crippen LogP contribution < -0.4 is 5.32 Å². The number of nitrogens with one attached hydrogen (secondary N) is 1. The van der Waals surface area contributed by atoms with Crippen molar-refractivity contribution >= 4 is 43.2 Å². The molecule has 0 amide bonds. The molecule has 0 aliphatic heterocycles. The van der Waals surface area contributed by atoms with Crippen LogP contribution >= 0.6 is 31.9 Å². The van der Waals surface area contributed by atoms with Crippen LogP contribution in [0, 0.1) is 22.9 Å². The number of rotatable bonds is 4. The summed E-state index contributed by atoms with van der Waals surface area (Å²) >= 11 is 6.44. The fraction of sp³-hybridized carbons (Fsp3) is 0.143. The maximum absolute atomic E-state index is 13.5. The van der Waals surface area contributed by atoms with Gasteiger partial charge in [-0.05, 0) is 52.2 Å². The van der Waals surface area contributed by atoms with Crippen molar-refractivity contribution < 1.29 is 9.31 Å². The number of hydrogen-bond donors (Lipinski definition) is 1. The Labute approximate surface area is 137 Å². The van der Waals surface area contributed by atoms with E-state index in [0.29, 0.717) is 21.2 Å². The molecule has 2 aromatic carbocycles. The Morgan fingerprint density at radius 1 is 1.24 bits per heavy atom. The molecule has 0 atom stereocenters. The molecule has 0 radical (unpaired) electrons. The molecule has 0 unspecified atom stereocenters. The van der Waals surface area contributed by atoms with Crippen molar-refractivity contribution in [2.75, 3.05) is 5.32 Å². The van der Waals surface area contributed by atoms with Gasteiger partial charge in [0.25, 0.3) is 5.69 Å². The van der Waals surface area contributed by atoms with Gasteiger partial charge in [-0.2, -0.15) is 0 Å². The Balaban J connectivity index is 2.17. The molecule has 0 aromatic heterocycles. The lowest BCUT2D eigenvalue weighted by molar-refractivity contribution is -0.384. The molecule has 110 valence electrons. The molecule has 7 heteroatoms. The zero-order chi connectivity index (χ0) is 15.6. The molecule has 0 saturated heterocycles. The number of benzene rings is 2. The van der Waals surface area contributed by atoms with E-state index < -0.39 is 4.92 Å². The molecule has 0 heterocycles. The molecular formula is C14H11Br2FN2O2. The monoisotopic (exact) mass is 416 g/mol. The second-order valence-corrected chi connectivity index (χ2v) is 6.18. The van der Waals surface area contributed by atoms with Crippen LogP contribution in [0.4, 0.5) is 15.8 Å². The van der Waals surface area contributed by atoms with Crippen molar-refractivity contribution in [3.05, 3.63) is 66.3 Å². The molecule has 2 aromatic rings. The predicted octanol–water partition coefficient (Wildman–Crippen LogP) is 5.18. The van der Waals surface area contributed by atoms with Gasteiger partial charge in [0.15, 0.2) is 0 Å². The minimum atomic E-state index is -0.448. The van der Waals surface area contributed by atoms with Crippen LogP contribution in [-0.4, -0.2) is 4.92 Å². The average molecular weight is 418 g/mol. The second-order valence-electron chi connectivity index (χ2n) is 4.47. The minimum absolute atomic E-state index is 0.0245. The molecule has 4 nitrogen and oxygen atoms in total. The van der Waals surface area contributed by atoms with Gasteiger partial charge in [0.1, 0.15) is 5.82 Å². The average Bonchev–Trinajstić information content (AvgIpc) is 2.42. The number of nitrogens with zero attached hydrogens (tertiary/aromatic N) is 1. The summed E-state index contributed by atoms with van der Waals surface area (Å²) in [5.41, 5.74) is 2.46. The maximum atomic E-state index is 13.5. The molecule has 0 aliphatic rings. The predicted molar refractivity (Wildman–Crippen MR) is 87.0 cm³/mol. The molecule has 0 bridgehead atoms. The first-order chi connectivity index (χ1) is 9.88. The van der Waals surface area contributed by atoms with E-state index in [1.165, 1.54) is 18.2 Å². The molecule has 0 fully saturated rings. The number of non-ortho nitro benzene ring substituents is 1. The van der Waals surface area contributed by atoms with Gasteiger partial charge in [-0.1, -0.05) is 15.9 Å². The Bertz CT molecular complexity index is 708. The Kier molecular flexibility index (Phi) is 4.95. The highest BCUT2D eigenvalue weighted by molar-refractivity contribution is 9.10. The van der Waals surface area contributed by atoms with Crippen molar-refractivity contribution in [3.63, 3.8) is 0 Å². The van der Waals surface area contributed by atoms with E-state index in [1.807, 2.05) is 6.92 Å². The van der Waals surface area contributed by atoms with Crippen LogP contribution in [0.2, 0.25) is 0 Å². The molecule has 0 aliphatic carbocycles. The van der Waals surface area contributed by atoms with Crippen molar-refractivity contribution in [2.45, 2.75) is 13.5 Å². The number of aryl methyl sites for hydroxylation is 1. The van der Waals surface area contributed by atoms with Gasteiger partial charge in [0.2, 0.25) is 0 Å². The summed E-state index contributed by atoms with van der Waals surface area (Å²) in [5.74, 6) is -0.342. The van der Waals surface area contributed by atoms with Gasteiger partial charge in [0, 0.05) is 28.8 Å². The number of hydrogen-bond acceptors (Lipinski definition) is 3. The Morgan fingerprint density at radius 3 is 2.57 bits per heavy atom. The van der Waals surface area contributed by atoms with Crippen LogP contribution in [0.15, 0.2) is 39.3 Å². The normalized spacial score (nSPS) is 10.5. The minimum Gasteiger partial charge on any atom is -0.381 e. The van der Waals surface area contributed by atoms with Gasteiger partial charge in [-0.3, -0.25) is 10.1 Å². The highest BCUT2D eigenvalue weighted by Crippen LogP contribution is 2.27. The van der Waals surface area contributed by atoms with Gasteiger partial charge >= 0.3 is 0 Å². The van der Waals surface area contributed by atoms with E-state index in [1.54, 1.807) is 12.1 Å². The molecular weight excluding hydrogens is 407 g/mol. The Morgan fingerprint density at radius 2 is 1.95 bits per heavy atom. The molecule has 0 saturated carbocycles. The fourth-order valence-electron chi connectivity index (χ4n) is 1.82. The van der Waals surface area contributed by atoms with E-state index >= 15 is 0 Å². The zero-order valence-corrected chi connectivity index (χ0v) is 14.2. The molecule has 0 spiro atoms. The lowest BCUT2D eigenvalue weighted by atomic mass is 10.1. The first-order valence-electron chi connectivity index (χ1n) is 6.01. The highest BCUT2D eigenvalue weighted by atomic mass is 79.9. The van der Waals surface area contributed by atoms with Crippen LogP contribution in [-0.2, 0) is 6.54 Å².